The molecule has 2 amide bonds. The number of amides is 2. The molecule has 0 atom stereocenters. The molecule has 1 aliphatic rings. The molecule has 1 aromatic carbocycles. The first-order valence-electron chi connectivity index (χ1n) is 7.08. The third kappa shape index (κ3) is 3.21. The smallest absolute Gasteiger partial charge is 0.293 e. The van der Waals surface area contributed by atoms with Crippen LogP contribution >= 0.6 is 23.4 Å². The van der Waals surface area contributed by atoms with Crippen molar-refractivity contribution in [2.45, 2.75) is 19.9 Å². The van der Waals surface area contributed by atoms with Crippen molar-refractivity contribution in [1.82, 2.24) is 4.90 Å². The lowest BCUT2D eigenvalue weighted by Gasteiger charge is -2.16. The maximum absolute atomic E-state index is 12.2. The van der Waals surface area contributed by atoms with Crippen molar-refractivity contribution in [3.63, 3.8) is 0 Å². The van der Waals surface area contributed by atoms with Crippen molar-refractivity contribution in [2.75, 3.05) is 0 Å². The summed E-state index contributed by atoms with van der Waals surface area (Å²) in [6.45, 7) is 3.62. The SMILES string of the molecule is CC(C)N1C(=O)S/C(=C\c2ccc(-c3ccc(Cl)cc3)o2)C1=O. The average molecular weight is 348 g/mol. The molecule has 0 radical (unpaired) electrons. The summed E-state index contributed by atoms with van der Waals surface area (Å²) in [6, 6.07) is 10.7. The van der Waals surface area contributed by atoms with E-state index in [1.54, 1.807) is 24.3 Å². The zero-order valence-electron chi connectivity index (χ0n) is 12.6. The first-order valence-corrected chi connectivity index (χ1v) is 8.28. The molecule has 0 saturated carbocycles. The molecule has 6 heteroatoms. The van der Waals surface area contributed by atoms with Crippen LogP contribution in [-0.4, -0.2) is 22.1 Å². The van der Waals surface area contributed by atoms with E-state index in [0.717, 1.165) is 17.3 Å². The lowest BCUT2D eigenvalue weighted by Crippen LogP contribution is -2.34. The maximum Gasteiger partial charge on any atom is 0.293 e. The quantitative estimate of drug-likeness (QED) is 0.729. The Bertz CT molecular complexity index is 792. The molecule has 1 aromatic heterocycles. The van der Waals surface area contributed by atoms with Crippen molar-refractivity contribution < 1.29 is 14.0 Å². The molecule has 2 heterocycles. The van der Waals surface area contributed by atoms with Crippen LogP contribution in [0.25, 0.3) is 17.4 Å². The van der Waals surface area contributed by atoms with Crippen molar-refractivity contribution in [3.05, 3.63) is 52.1 Å². The minimum absolute atomic E-state index is 0.158. The van der Waals surface area contributed by atoms with E-state index in [0.29, 0.717) is 21.4 Å². The zero-order valence-corrected chi connectivity index (χ0v) is 14.1. The molecular weight excluding hydrogens is 334 g/mol. The van der Waals surface area contributed by atoms with Crippen LogP contribution in [0.2, 0.25) is 5.02 Å². The maximum atomic E-state index is 12.2. The van der Waals surface area contributed by atoms with Crippen LogP contribution in [0.1, 0.15) is 19.6 Å². The van der Waals surface area contributed by atoms with Gasteiger partial charge in [0.25, 0.3) is 11.1 Å². The second-order valence-corrected chi connectivity index (χ2v) is 6.78. The Balaban J connectivity index is 1.85. The number of hydrogen-bond donors (Lipinski definition) is 0. The second kappa shape index (κ2) is 6.26. The Morgan fingerprint density at radius 3 is 2.43 bits per heavy atom. The van der Waals surface area contributed by atoms with Crippen molar-refractivity contribution >= 4 is 40.6 Å². The van der Waals surface area contributed by atoms with Gasteiger partial charge in [0.2, 0.25) is 0 Å². The number of benzene rings is 1. The summed E-state index contributed by atoms with van der Waals surface area (Å²) in [6.07, 6.45) is 1.60. The van der Waals surface area contributed by atoms with Crippen LogP contribution in [-0.2, 0) is 4.79 Å². The molecule has 0 unspecified atom stereocenters. The summed E-state index contributed by atoms with van der Waals surface area (Å²) < 4.78 is 5.74. The average Bonchev–Trinajstić information content (AvgIpc) is 3.05. The molecule has 0 spiro atoms. The van der Waals surface area contributed by atoms with E-state index in [2.05, 4.69) is 0 Å². The van der Waals surface area contributed by atoms with Crippen LogP contribution in [0.5, 0.6) is 0 Å². The normalized spacial score (nSPS) is 16.9. The van der Waals surface area contributed by atoms with Crippen LogP contribution < -0.4 is 0 Å². The number of rotatable bonds is 3. The van der Waals surface area contributed by atoms with Gasteiger partial charge in [0.1, 0.15) is 11.5 Å². The molecule has 3 rings (SSSR count). The fourth-order valence-electron chi connectivity index (χ4n) is 2.25. The topological polar surface area (TPSA) is 50.5 Å². The lowest BCUT2D eigenvalue weighted by atomic mass is 10.2. The van der Waals surface area contributed by atoms with Gasteiger partial charge in [-0.25, -0.2) is 0 Å². The molecule has 118 valence electrons. The van der Waals surface area contributed by atoms with E-state index in [9.17, 15) is 9.59 Å². The summed E-state index contributed by atoms with van der Waals surface area (Å²) in [5.41, 5.74) is 0.893. The number of hydrogen-bond acceptors (Lipinski definition) is 4. The first kappa shape index (κ1) is 15.9. The van der Waals surface area contributed by atoms with Crippen molar-refractivity contribution in [1.29, 1.82) is 0 Å². The molecule has 1 fully saturated rings. The molecular formula is C17H14ClNO3S. The Morgan fingerprint density at radius 1 is 1.13 bits per heavy atom. The lowest BCUT2D eigenvalue weighted by molar-refractivity contribution is -0.123. The fraction of sp³-hybridized carbons (Fsp3) is 0.176. The third-order valence-corrected chi connectivity index (χ3v) is 4.50. The Kier molecular flexibility index (Phi) is 4.33. The van der Waals surface area contributed by atoms with Gasteiger partial charge in [0.05, 0.1) is 4.91 Å². The fourth-order valence-corrected chi connectivity index (χ4v) is 3.32. The Hall–Kier alpha value is -1.98. The number of nitrogens with zero attached hydrogens (tertiary/aromatic N) is 1. The number of carbonyl (C=O) groups excluding carboxylic acids is 2. The minimum Gasteiger partial charge on any atom is -0.457 e. The van der Waals surface area contributed by atoms with E-state index in [-0.39, 0.29) is 17.2 Å². The molecule has 23 heavy (non-hydrogen) atoms. The van der Waals surface area contributed by atoms with Crippen LogP contribution in [0.3, 0.4) is 0 Å². The van der Waals surface area contributed by atoms with Crippen LogP contribution in [0, 0.1) is 0 Å². The van der Waals surface area contributed by atoms with Gasteiger partial charge in [-0.05, 0) is 62.0 Å². The Morgan fingerprint density at radius 2 is 1.83 bits per heavy atom. The van der Waals surface area contributed by atoms with Gasteiger partial charge < -0.3 is 4.42 Å². The van der Waals surface area contributed by atoms with Gasteiger partial charge in [-0.3, -0.25) is 14.5 Å². The standard InChI is InChI=1S/C17H14ClNO3S/c1-10(2)19-16(20)15(23-17(19)21)9-13-7-8-14(22-13)11-3-5-12(18)6-4-11/h3-10H,1-2H3/b15-9-. The van der Waals surface area contributed by atoms with Gasteiger partial charge in [-0.2, -0.15) is 0 Å². The summed E-state index contributed by atoms with van der Waals surface area (Å²) in [5, 5.41) is 0.406. The number of furan rings is 1. The summed E-state index contributed by atoms with van der Waals surface area (Å²) in [7, 11) is 0. The summed E-state index contributed by atoms with van der Waals surface area (Å²) in [5.74, 6) is 0.930. The van der Waals surface area contributed by atoms with Gasteiger partial charge in [-0.1, -0.05) is 11.6 Å². The number of carbonyl (C=O) groups is 2. The highest BCUT2D eigenvalue weighted by Crippen LogP contribution is 2.34. The van der Waals surface area contributed by atoms with E-state index < -0.39 is 0 Å². The number of thioether (sulfide) groups is 1. The first-order chi connectivity index (χ1) is 11.0. The van der Waals surface area contributed by atoms with Gasteiger partial charge in [-0.15, -0.1) is 0 Å². The number of halogens is 1. The largest absolute Gasteiger partial charge is 0.457 e. The molecule has 1 aliphatic heterocycles. The summed E-state index contributed by atoms with van der Waals surface area (Å²) in [4.78, 5) is 25.7. The van der Waals surface area contributed by atoms with Crippen LogP contribution in [0.15, 0.2) is 45.7 Å². The van der Waals surface area contributed by atoms with E-state index in [4.69, 9.17) is 16.0 Å². The predicted molar refractivity (Wildman–Crippen MR) is 92.1 cm³/mol. The van der Waals surface area contributed by atoms with Crippen molar-refractivity contribution in [2.24, 2.45) is 0 Å². The highest BCUT2D eigenvalue weighted by atomic mass is 35.5. The highest BCUT2D eigenvalue weighted by molar-refractivity contribution is 8.18. The van der Waals surface area contributed by atoms with E-state index >= 15 is 0 Å². The van der Waals surface area contributed by atoms with E-state index in [1.165, 1.54) is 4.90 Å². The zero-order chi connectivity index (χ0) is 16.6. The van der Waals surface area contributed by atoms with E-state index in [1.807, 2.05) is 32.0 Å². The molecule has 4 nitrogen and oxygen atoms in total. The van der Waals surface area contributed by atoms with Gasteiger partial charge in [0, 0.05) is 22.7 Å². The van der Waals surface area contributed by atoms with Crippen molar-refractivity contribution in [3.8, 4) is 11.3 Å². The predicted octanol–water partition coefficient (Wildman–Crippen LogP) is 5.04. The molecule has 2 aromatic rings. The Labute approximate surface area is 143 Å². The van der Waals surface area contributed by atoms with Crippen LogP contribution in [0.4, 0.5) is 4.79 Å². The second-order valence-electron chi connectivity index (χ2n) is 5.35. The number of imide groups is 1. The molecule has 0 bridgehead atoms. The monoisotopic (exact) mass is 347 g/mol. The molecule has 0 aliphatic carbocycles. The summed E-state index contributed by atoms with van der Waals surface area (Å²) >= 11 is 6.80. The minimum atomic E-state index is -0.278. The van der Waals surface area contributed by atoms with Gasteiger partial charge >= 0.3 is 0 Å². The molecule has 1 saturated heterocycles. The van der Waals surface area contributed by atoms with Gasteiger partial charge in [0.15, 0.2) is 0 Å². The third-order valence-electron chi connectivity index (χ3n) is 3.37. The highest BCUT2D eigenvalue weighted by Gasteiger charge is 2.36. The molecule has 0 N–H and O–H groups in total.